The predicted octanol–water partition coefficient (Wildman–Crippen LogP) is 3.92. The molecule has 0 aliphatic carbocycles. The molecule has 2 rings (SSSR count). The minimum absolute atomic E-state index is 0.575. The van der Waals surface area contributed by atoms with Crippen LogP contribution in [-0.4, -0.2) is 30.6 Å². The topological polar surface area (TPSA) is 15.3 Å². The summed E-state index contributed by atoms with van der Waals surface area (Å²) in [4.78, 5) is 2.61. The maximum absolute atomic E-state index is 3.68. The van der Waals surface area contributed by atoms with E-state index in [2.05, 4.69) is 55.3 Å². The van der Waals surface area contributed by atoms with Gasteiger partial charge in [-0.3, -0.25) is 0 Å². The van der Waals surface area contributed by atoms with Crippen molar-refractivity contribution in [1.29, 1.82) is 0 Å². The van der Waals surface area contributed by atoms with Crippen LogP contribution in [0.1, 0.15) is 38.7 Å². The molecule has 1 heterocycles. The molecule has 1 aromatic rings. The predicted molar refractivity (Wildman–Crippen MR) is 83.7 cm³/mol. The second kappa shape index (κ2) is 6.95. The number of hydrogen-bond donors (Lipinski definition) is 1. The van der Waals surface area contributed by atoms with Gasteiger partial charge < -0.3 is 10.2 Å². The lowest BCUT2D eigenvalue weighted by atomic mass is 9.90. The van der Waals surface area contributed by atoms with Crippen LogP contribution in [0.25, 0.3) is 0 Å². The molecular weight excluding hydrogens is 232 g/mol. The van der Waals surface area contributed by atoms with E-state index in [4.69, 9.17) is 0 Å². The van der Waals surface area contributed by atoms with Gasteiger partial charge in [0, 0.05) is 11.7 Å². The van der Waals surface area contributed by atoms with Crippen molar-refractivity contribution in [3.8, 4) is 0 Å². The molecule has 106 valence electrons. The summed E-state index contributed by atoms with van der Waals surface area (Å²) in [6.07, 6.45) is 3.95. The molecule has 0 spiro atoms. The molecule has 1 aliphatic rings. The number of nitrogens with zero attached hydrogens (tertiary/aromatic N) is 1. The fraction of sp³-hybridized carbons (Fsp3) is 0.647. The third-order valence-corrected chi connectivity index (χ3v) is 4.29. The lowest BCUT2D eigenvalue weighted by Gasteiger charge is -2.35. The summed E-state index contributed by atoms with van der Waals surface area (Å²) in [6, 6.07) is 9.27. The van der Waals surface area contributed by atoms with Crippen molar-refractivity contribution in [2.75, 3.05) is 25.0 Å². The van der Waals surface area contributed by atoms with Gasteiger partial charge >= 0.3 is 0 Å². The Hall–Kier alpha value is -1.02. The van der Waals surface area contributed by atoms with Crippen molar-refractivity contribution in [1.82, 2.24) is 4.90 Å². The number of anilines is 1. The molecule has 0 bridgehead atoms. The Morgan fingerprint density at radius 2 is 2.05 bits per heavy atom. The fourth-order valence-electron chi connectivity index (χ4n) is 3.11. The van der Waals surface area contributed by atoms with Crippen molar-refractivity contribution in [2.45, 2.75) is 46.1 Å². The van der Waals surface area contributed by atoms with Crippen LogP contribution in [0.15, 0.2) is 24.3 Å². The maximum atomic E-state index is 3.68. The van der Waals surface area contributed by atoms with Gasteiger partial charge in [-0.15, -0.1) is 0 Å². The van der Waals surface area contributed by atoms with Crippen molar-refractivity contribution in [3.05, 3.63) is 29.8 Å². The Morgan fingerprint density at radius 3 is 2.68 bits per heavy atom. The zero-order valence-electron chi connectivity index (χ0n) is 12.7. The summed E-state index contributed by atoms with van der Waals surface area (Å²) in [5.74, 6) is 0.814. The van der Waals surface area contributed by atoms with Gasteiger partial charge in [-0.2, -0.15) is 0 Å². The second-order valence-corrected chi connectivity index (χ2v) is 5.98. The first-order chi connectivity index (χ1) is 9.19. The Balaban J connectivity index is 1.82. The number of benzene rings is 1. The zero-order chi connectivity index (χ0) is 13.7. The van der Waals surface area contributed by atoms with Gasteiger partial charge in [-0.05, 0) is 76.4 Å². The number of aryl methyl sites for hydroxylation is 1. The third kappa shape index (κ3) is 4.24. The van der Waals surface area contributed by atoms with E-state index in [0.717, 1.165) is 5.92 Å². The number of rotatable bonds is 5. The molecule has 1 atom stereocenters. The molecule has 2 nitrogen and oxygen atoms in total. The van der Waals surface area contributed by atoms with Crippen molar-refractivity contribution in [2.24, 2.45) is 5.92 Å². The monoisotopic (exact) mass is 260 g/mol. The van der Waals surface area contributed by atoms with Crippen molar-refractivity contribution in [3.63, 3.8) is 0 Å². The molecule has 0 aromatic heterocycles. The van der Waals surface area contributed by atoms with E-state index in [1.54, 1.807) is 0 Å². The van der Waals surface area contributed by atoms with E-state index >= 15 is 0 Å². The van der Waals surface area contributed by atoms with Crippen LogP contribution < -0.4 is 5.32 Å². The summed E-state index contributed by atoms with van der Waals surface area (Å²) in [5, 5.41) is 3.68. The van der Waals surface area contributed by atoms with Gasteiger partial charge in [0.05, 0.1) is 0 Å². The van der Waals surface area contributed by atoms with Gasteiger partial charge in [-0.25, -0.2) is 0 Å². The summed E-state index contributed by atoms with van der Waals surface area (Å²) < 4.78 is 0. The molecule has 1 saturated heterocycles. The summed E-state index contributed by atoms with van der Waals surface area (Å²) in [7, 11) is 0. The first kappa shape index (κ1) is 14.4. The number of piperidine rings is 1. The highest BCUT2D eigenvalue weighted by Crippen LogP contribution is 2.23. The van der Waals surface area contributed by atoms with Crippen LogP contribution in [0.2, 0.25) is 0 Å². The highest BCUT2D eigenvalue weighted by atomic mass is 15.1. The van der Waals surface area contributed by atoms with Gasteiger partial charge in [0.1, 0.15) is 0 Å². The molecule has 1 aliphatic heterocycles. The molecular formula is C17H28N2. The molecule has 1 fully saturated rings. The summed E-state index contributed by atoms with van der Waals surface area (Å²) >= 11 is 0. The van der Waals surface area contributed by atoms with E-state index in [1.165, 1.54) is 50.1 Å². The van der Waals surface area contributed by atoms with Gasteiger partial charge in [0.2, 0.25) is 0 Å². The van der Waals surface area contributed by atoms with E-state index in [1.807, 2.05) is 0 Å². The van der Waals surface area contributed by atoms with E-state index in [9.17, 15) is 0 Å². The standard InChI is InChI=1S/C17H28N2/c1-4-10-19-11-8-16(9-12-19)15(3)18-17-7-5-6-14(2)13-17/h5-7,13,15-16,18H,4,8-12H2,1-3H3. The minimum Gasteiger partial charge on any atom is -0.382 e. The largest absolute Gasteiger partial charge is 0.382 e. The zero-order valence-corrected chi connectivity index (χ0v) is 12.7. The van der Waals surface area contributed by atoms with Crippen molar-refractivity contribution >= 4 is 5.69 Å². The van der Waals surface area contributed by atoms with Gasteiger partial charge in [-0.1, -0.05) is 19.1 Å². The Labute approximate surface area is 118 Å². The lowest BCUT2D eigenvalue weighted by Crippen LogP contribution is -2.39. The van der Waals surface area contributed by atoms with Crippen molar-refractivity contribution < 1.29 is 0 Å². The molecule has 0 amide bonds. The fourth-order valence-corrected chi connectivity index (χ4v) is 3.11. The minimum atomic E-state index is 0.575. The Kier molecular flexibility index (Phi) is 5.26. The number of nitrogens with one attached hydrogen (secondary N) is 1. The first-order valence-corrected chi connectivity index (χ1v) is 7.74. The third-order valence-electron chi connectivity index (χ3n) is 4.29. The van der Waals surface area contributed by atoms with Crippen LogP contribution in [0.3, 0.4) is 0 Å². The van der Waals surface area contributed by atoms with E-state index in [-0.39, 0.29) is 0 Å². The van der Waals surface area contributed by atoms with Crippen LogP contribution in [0.5, 0.6) is 0 Å². The van der Waals surface area contributed by atoms with E-state index < -0.39 is 0 Å². The molecule has 0 radical (unpaired) electrons. The van der Waals surface area contributed by atoms with Crippen LogP contribution in [0.4, 0.5) is 5.69 Å². The van der Waals surface area contributed by atoms with E-state index in [0.29, 0.717) is 6.04 Å². The molecule has 1 unspecified atom stereocenters. The van der Waals surface area contributed by atoms with Crippen LogP contribution >= 0.6 is 0 Å². The Morgan fingerprint density at radius 1 is 1.32 bits per heavy atom. The van der Waals surface area contributed by atoms with Gasteiger partial charge in [0.25, 0.3) is 0 Å². The SMILES string of the molecule is CCCN1CCC(C(C)Nc2cccc(C)c2)CC1. The normalized spacial score (nSPS) is 19.3. The molecule has 0 saturated carbocycles. The average molecular weight is 260 g/mol. The Bertz CT molecular complexity index is 381. The molecule has 1 N–H and O–H groups in total. The molecule has 19 heavy (non-hydrogen) atoms. The maximum Gasteiger partial charge on any atom is 0.0344 e. The second-order valence-electron chi connectivity index (χ2n) is 5.98. The summed E-state index contributed by atoms with van der Waals surface area (Å²) in [6.45, 7) is 10.6. The lowest BCUT2D eigenvalue weighted by molar-refractivity contribution is 0.176. The molecule has 1 aromatic carbocycles. The van der Waals surface area contributed by atoms with Crippen LogP contribution in [0, 0.1) is 12.8 Å². The smallest absolute Gasteiger partial charge is 0.0344 e. The highest BCUT2D eigenvalue weighted by Gasteiger charge is 2.23. The number of hydrogen-bond acceptors (Lipinski definition) is 2. The van der Waals surface area contributed by atoms with Crippen LogP contribution in [-0.2, 0) is 0 Å². The van der Waals surface area contributed by atoms with Gasteiger partial charge in [0.15, 0.2) is 0 Å². The average Bonchev–Trinajstić information content (AvgIpc) is 2.40. The molecule has 2 heteroatoms. The quantitative estimate of drug-likeness (QED) is 0.863. The highest BCUT2D eigenvalue weighted by molar-refractivity contribution is 5.46. The summed E-state index contributed by atoms with van der Waals surface area (Å²) in [5.41, 5.74) is 2.60. The first-order valence-electron chi connectivity index (χ1n) is 7.74. The number of likely N-dealkylation sites (tertiary alicyclic amines) is 1.